The number of para-hydroxylation sites is 1. The molecule has 0 aliphatic heterocycles. The number of hydrogen-bond acceptors (Lipinski definition) is 4. The minimum atomic E-state index is -0.670. The van der Waals surface area contributed by atoms with Crippen molar-refractivity contribution in [3.63, 3.8) is 0 Å². The van der Waals surface area contributed by atoms with Crippen molar-refractivity contribution >= 4 is 5.96 Å². The summed E-state index contributed by atoms with van der Waals surface area (Å²) in [5, 5.41) is 16.7. The topological polar surface area (TPSA) is 75.1 Å². The Labute approximate surface area is 154 Å². The molecule has 0 aliphatic rings. The van der Waals surface area contributed by atoms with Crippen LogP contribution in [0.1, 0.15) is 18.6 Å². The van der Waals surface area contributed by atoms with Crippen LogP contribution in [0.4, 0.5) is 0 Å². The van der Waals surface area contributed by atoms with Gasteiger partial charge in [-0.05, 0) is 36.8 Å². The van der Waals surface area contributed by atoms with Crippen LogP contribution >= 0.6 is 0 Å². The summed E-state index contributed by atoms with van der Waals surface area (Å²) in [5.41, 5.74) is 0.804. The maximum absolute atomic E-state index is 10.3. The number of nitrogens with zero attached hydrogens (tertiary/aromatic N) is 1. The molecule has 2 aromatic carbocycles. The zero-order valence-electron chi connectivity index (χ0n) is 15.3. The lowest BCUT2D eigenvalue weighted by Gasteiger charge is -2.14. The first kappa shape index (κ1) is 19.6. The van der Waals surface area contributed by atoms with Gasteiger partial charge in [-0.15, -0.1) is 0 Å². The third kappa shape index (κ3) is 6.64. The molecular formula is C20H27N3O3. The third-order valence-corrected chi connectivity index (χ3v) is 3.67. The van der Waals surface area contributed by atoms with E-state index in [1.54, 1.807) is 7.11 Å². The van der Waals surface area contributed by atoms with Gasteiger partial charge in [0.05, 0.1) is 26.3 Å². The number of hydrogen-bond donors (Lipinski definition) is 3. The summed E-state index contributed by atoms with van der Waals surface area (Å²) in [4.78, 5) is 4.43. The highest BCUT2D eigenvalue weighted by atomic mass is 16.5. The SMILES string of the molecule is CCNC(=NCC(O)c1ccc(OC)cc1)NCCOc1ccccc1. The van der Waals surface area contributed by atoms with Crippen molar-refractivity contribution in [1.29, 1.82) is 0 Å². The molecule has 0 radical (unpaired) electrons. The van der Waals surface area contributed by atoms with Crippen LogP contribution in [0.3, 0.4) is 0 Å². The van der Waals surface area contributed by atoms with E-state index >= 15 is 0 Å². The highest BCUT2D eigenvalue weighted by Gasteiger charge is 2.07. The molecule has 0 amide bonds. The lowest BCUT2D eigenvalue weighted by atomic mass is 10.1. The van der Waals surface area contributed by atoms with Crippen LogP contribution in [0, 0.1) is 0 Å². The molecule has 0 fully saturated rings. The fraction of sp³-hybridized carbons (Fsp3) is 0.350. The van der Waals surface area contributed by atoms with Crippen molar-refractivity contribution in [3.05, 3.63) is 60.2 Å². The first-order chi connectivity index (χ1) is 12.7. The molecule has 0 spiro atoms. The zero-order chi connectivity index (χ0) is 18.6. The van der Waals surface area contributed by atoms with E-state index in [1.807, 2.05) is 61.5 Å². The van der Waals surface area contributed by atoms with Gasteiger partial charge in [0.1, 0.15) is 18.1 Å². The summed E-state index contributed by atoms with van der Waals surface area (Å²) in [6.07, 6.45) is -0.670. The highest BCUT2D eigenvalue weighted by molar-refractivity contribution is 5.79. The van der Waals surface area contributed by atoms with Gasteiger partial charge in [-0.2, -0.15) is 0 Å². The number of rotatable bonds is 9. The van der Waals surface area contributed by atoms with Crippen molar-refractivity contribution in [3.8, 4) is 11.5 Å². The van der Waals surface area contributed by atoms with Crippen LogP contribution in [0.15, 0.2) is 59.6 Å². The summed E-state index contributed by atoms with van der Waals surface area (Å²) in [6, 6.07) is 17.0. The predicted molar refractivity (Wildman–Crippen MR) is 104 cm³/mol. The van der Waals surface area contributed by atoms with Gasteiger partial charge in [0.15, 0.2) is 5.96 Å². The Hall–Kier alpha value is -2.73. The predicted octanol–water partition coefficient (Wildman–Crippen LogP) is 2.36. The minimum absolute atomic E-state index is 0.265. The molecule has 140 valence electrons. The monoisotopic (exact) mass is 357 g/mol. The highest BCUT2D eigenvalue weighted by Crippen LogP contribution is 2.17. The number of methoxy groups -OCH3 is 1. The summed E-state index contributed by atoms with van der Waals surface area (Å²) in [6.45, 7) is 4.14. The van der Waals surface area contributed by atoms with E-state index in [2.05, 4.69) is 15.6 Å². The van der Waals surface area contributed by atoms with Crippen LogP contribution in [-0.2, 0) is 0 Å². The lowest BCUT2D eigenvalue weighted by Crippen LogP contribution is -2.39. The van der Waals surface area contributed by atoms with E-state index in [0.29, 0.717) is 19.1 Å². The molecule has 0 aromatic heterocycles. The Morgan fingerprint density at radius 3 is 2.42 bits per heavy atom. The fourth-order valence-electron chi connectivity index (χ4n) is 2.31. The van der Waals surface area contributed by atoms with E-state index in [4.69, 9.17) is 9.47 Å². The molecular weight excluding hydrogens is 330 g/mol. The molecule has 0 aliphatic carbocycles. The molecule has 1 atom stereocenters. The van der Waals surface area contributed by atoms with E-state index in [0.717, 1.165) is 23.6 Å². The molecule has 26 heavy (non-hydrogen) atoms. The minimum Gasteiger partial charge on any atom is -0.497 e. The second kappa shape index (κ2) is 11.0. The fourth-order valence-corrected chi connectivity index (χ4v) is 2.31. The summed E-state index contributed by atoms with van der Waals surface area (Å²) >= 11 is 0. The molecule has 0 heterocycles. The van der Waals surface area contributed by atoms with E-state index in [9.17, 15) is 5.11 Å². The van der Waals surface area contributed by atoms with Crippen molar-refractivity contribution in [2.75, 3.05) is 33.4 Å². The van der Waals surface area contributed by atoms with Crippen molar-refractivity contribution in [1.82, 2.24) is 10.6 Å². The quantitative estimate of drug-likeness (QED) is 0.365. The maximum atomic E-state index is 10.3. The van der Waals surface area contributed by atoms with Gasteiger partial charge in [0, 0.05) is 6.54 Å². The summed E-state index contributed by atoms with van der Waals surface area (Å²) in [5.74, 6) is 2.25. The molecule has 2 aromatic rings. The molecule has 0 bridgehead atoms. The van der Waals surface area contributed by atoms with Gasteiger partial charge >= 0.3 is 0 Å². The number of benzene rings is 2. The zero-order valence-corrected chi connectivity index (χ0v) is 15.3. The Bertz CT molecular complexity index is 660. The largest absolute Gasteiger partial charge is 0.497 e. The molecule has 3 N–H and O–H groups in total. The van der Waals surface area contributed by atoms with Crippen LogP contribution in [0.2, 0.25) is 0 Å². The Balaban J connectivity index is 1.80. The van der Waals surface area contributed by atoms with Gasteiger partial charge in [0.25, 0.3) is 0 Å². The van der Waals surface area contributed by atoms with Gasteiger partial charge in [-0.3, -0.25) is 4.99 Å². The first-order valence-electron chi connectivity index (χ1n) is 8.75. The molecule has 0 saturated heterocycles. The smallest absolute Gasteiger partial charge is 0.191 e. The van der Waals surface area contributed by atoms with E-state index in [1.165, 1.54) is 0 Å². The lowest BCUT2D eigenvalue weighted by molar-refractivity contribution is 0.187. The maximum Gasteiger partial charge on any atom is 0.191 e. The molecule has 1 unspecified atom stereocenters. The molecule has 6 heteroatoms. The van der Waals surface area contributed by atoms with Gasteiger partial charge in [-0.25, -0.2) is 0 Å². The Morgan fingerprint density at radius 1 is 1.04 bits per heavy atom. The van der Waals surface area contributed by atoms with Crippen LogP contribution < -0.4 is 20.1 Å². The van der Waals surface area contributed by atoms with Crippen LogP contribution in [0.5, 0.6) is 11.5 Å². The van der Waals surface area contributed by atoms with E-state index < -0.39 is 6.10 Å². The number of nitrogens with one attached hydrogen (secondary N) is 2. The third-order valence-electron chi connectivity index (χ3n) is 3.67. The van der Waals surface area contributed by atoms with Crippen molar-refractivity contribution in [2.45, 2.75) is 13.0 Å². The second-order valence-electron chi connectivity index (χ2n) is 5.60. The van der Waals surface area contributed by atoms with Gasteiger partial charge in [-0.1, -0.05) is 30.3 Å². The first-order valence-corrected chi connectivity index (χ1v) is 8.75. The average Bonchev–Trinajstić information content (AvgIpc) is 2.70. The molecule has 2 rings (SSSR count). The standard InChI is InChI=1S/C20H27N3O3/c1-3-21-20(22-13-14-26-18-7-5-4-6-8-18)23-15-19(24)16-9-11-17(25-2)12-10-16/h4-12,19,24H,3,13-15H2,1-2H3,(H2,21,22,23). The molecule has 0 saturated carbocycles. The average molecular weight is 357 g/mol. The van der Waals surface area contributed by atoms with Gasteiger partial charge in [0.2, 0.25) is 0 Å². The number of aliphatic hydroxyl groups is 1. The number of aliphatic hydroxyl groups excluding tert-OH is 1. The normalized spacial score (nSPS) is 12.3. The van der Waals surface area contributed by atoms with Crippen molar-refractivity contribution < 1.29 is 14.6 Å². The number of aliphatic imine (C=N–C) groups is 1. The van der Waals surface area contributed by atoms with Crippen LogP contribution in [0.25, 0.3) is 0 Å². The summed E-state index contributed by atoms with van der Waals surface area (Å²) in [7, 11) is 1.62. The summed E-state index contributed by atoms with van der Waals surface area (Å²) < 4.78 is 10.8. The molecule has 6 nitrogen and oxygen atoms in total. The van der Waals surface area contributed by atoms with Gasteiger partial charge < -0.3 is 25.2 Å². The number of ether oxygens (including phenoxy) is 2. The Kier molecular flexibility index (Phi) is 8.29. The van der Waals surface area contributed by atoms with Crippen LogP contribution in [-0.4, -0.2) is 44.4 Å². The second-order valence-corrected chi connectivity index (χ2v) is 5.60. The Morgan fingerprint density at radius 2 is 1.77 bits per heavy atom. The van der Waals surface area contributed by atoms with Crippen molar-refractivity contribution in [2.24, 2.45) is 4.99 Å². The number of guanidine groups is 1. The van der Waals surface area contributed by atoms with E-state index in [-0.39, 0.29) is 6.54 Å².